The SMILES string of the molecule is NCCc1cnc(N(CC(F)(F)F)C2CC2)nc1. The number of hydrogen-bond acceptors (Lipinski definition) is 4. The molecule has 7 heteroatoms. The van der Waals surface area contributed by atoms with Crippen LogP contribution in [0, 0.1) is 0 Å². The van der Waals surface area contributed by atoms with Crippen molar-refractivity contribution in [3.8, 4) is 0 Å². The van der Waals surface area contributed by atoms with E-state index in [1.54, 1.807) is 12.4 Å². The lowest BCUT2D eigenvalue weighted by Crippen LogP contribution is -2.37. The topological polar surface area (TPSA) is 55.0 Å². The predicted molar refractivity (Wildman–Crippen MR) is 61.2 cm³/mol. The number of alkyl halides is 3. The zero-order chi connectivity index (χ0) is 13.2. The molecule has 1 aromatic heterocycles. The van der Waals surface area contributed by atoms with E-state index in [4.69, 9.17) is 5.73 Å². The standard InChI is InChI=1S/C11H15F3N4/c12-11(13,14)7-18(9-1-2-9)10-16-5-8(3-4-15)6-17-10/h5-6,9H,1-4,7,15H2. The van der Waals surface area contributed by atoms with E-state index in [9.17, 15) is 13.2 Å². The van der Waals surface area contributed by atoms with Crippen LogP contribution < -0.4 is 10.6 Å². The van der Waals surface area contributed by atoms with Crippen molar-refractivity contribution in [2.24, 2.45) is 5.73 Å². The Labute approximate surface area is 103 Å². The van der Waals surface area contributed by atoms with E-state index < -0.39 is 12.7 Å². The van der Waals surface area contributed by atoms with Crippen LogP contribution in [0.4, 0.5) is 19.1 Å². The molecule has 18 heavy (non-hydrogen) atoms. The number of nitrogens with zero attached hydrogens (tertiary/aromatic N) is 3. The molecule has 0 radical (unpaired) electrons. The first-order valence-corrected chi connectivity index (χ1v) is 5.84. The molecule has 1 aliphatic rings. The van der Waals surface area contributed by atoms with Crippen molar-refractivity contribution in [3.05, 3.63) is 18.0 Å². The summed E-state index contributed by atoms with van der Waals surface area (Å²) in [5, 5.41) is 0. The van der Waals surface area contributed by atoms with Gasteiger partial charge in [-0.25, -0.2) is 9.97 Å². The van der Waals surface area contributed by atoms with Crippen LogP contribution in [-0.4, -0.2) is 35.3 Å². The van der Waals surface area contributed by atoms with Gasteiger partial charge in [0.2, 0.25) is 5.95 Å². The molecule has 1 fully saturated rings. The maximum absolute atomic E-state index is 12.5. The van der Waals surface area contributed by atoms with Gasteiger partial charge in [-0.05, 0) is 31.4 Å². The number of nitrogens with two attached hydrogens (primary N) is 1. The Balaban J connectivity index is 2.10. The zero-order valence-electron chi connectivity index (χ0n) is 9.82. The monoisotopic (exact) mass is 260 g/mol. The summed E-state index contributed by atoms with van der Waals surface area (Å²) in [5.41, 5.74) is 6.22. The Hall–Kier alpha value is -1.37. The van der Waals surface area contributed by atoms with E-state index in [0.29, 0.717) is 13.0 Å². The summed E-state index contributed by atoms with van der Waals surface area (Å²) in [6.45, 7) is -0.522. The molecule has 0 atom stereocenters. The summed E-state index contributed by atoms with van der Waals surface area (Å²) in [6.07, 6.45) is 1.01. The van der Waals surface area contributed by atoms with Crippen molar-refractivity contribution < 1.29 is 13.2 Å². The quantitative estimate of drug-likeness (QED) is 0.872. The van der Waals surface area contributed by atoms with Crippen LogP contribution in [0.25, 0.3) is 0 Å². The molecular weight excluding hydrogens is 245 g/mol. The molecule has 1 aromatic rings. The highest BCUT2D eigenvalue weighted by Crippen LogP contribution is 2.32. The van der Waals surface area contributed by atoms with Gasteiger partial charge in [-0.2, -0.15) is 13.2 Å². The van der Waals surface area contributed by atoms with Gasteiger partial charge in [0.15, 0.2) is 0 Å². The molecular formula is C11H15F3N4. The van der Waals surface area contributed by atoms with Crippen molar-refractivity contribution in [3.63, 3.8) is 0 Å². The molecule has 1 saturated carbocycles. The van der Waals surface area contributed by atoms with E-state index in [2.05, 4.69) is 9.97 Å². The Morgan fingerprint density at radius 3 is 2.33 bits per heavy atom. The highest BCUT2D eigenvalue weighted by Gasteiger charge is 2.39. The van der Waals surface area contributed by atoms with Crippen LogP contribution in [0.5, 0.6) is 0 Å². The fourth-order valence-electron chi connectivity index (χ4n) is 1.73. The van der Waals surface area contributed by atoms with Gasteiger partial charge in [0.25, 0.3) is 0 Å². The van der Waals surface area contributed by atoms with E-state index >= 15 is 0 Å². The van der Waals surface area contributed by atoms with Crippen LogP contribution in [0.2, 0.25) is 0 Å². The van der Waals surface area contributed by atoms with Crippen molar-refractivity contribution in [2.45, 2.75) is 31.5 Å². The number of halogens is 3. The maximum Gasteiger partial charge on any atom is 0.406 e. The van der Waals surface area contributed by atoms with E-state index in [1.807, 2.05) is 0 Å². The third-order valence-electron chi connectivity index (χ3n) is 2.72. The second-order valence-corrected chi connectivity index (χ2v) is 4.40. The van der Waals surface area contributed by atoms with Gasteiger partial charge >= 0.3 is 6.18 Å². The summed E-state index contributed by atoms with van der Waals surface area (Å²) in [7, 11) is 0. The smallest absolute Gasteiger partial charge is 0.330 e. The zero-order valence-corrected chi connectivity index (χ0v) is 9.82. The summed E-state index contributed by atoms with van der Waals surface area (Å²) < 4.78 is 37.4. The van der Waals surface area contributed by atoms with Crippen LogP contribution in [-0.2, 0) is 6.42 Å². The molecule has 100 valence electrons. The van der Waals surface area contributed by atoms with Gasteiger partial charge < -0.3 is 10.6 Å². The third kappa shape index (κ3) is 3.56. The number of hydrogen-bond donors (Lipinski definition) is 1. The van der Waals surface area contributed by atoms with Crippen molar-refractivity contribution in [1.29, 1.82) is 0 Å². The van der Waals surface area contributed by atoms with Gasteiger partial charge in [-0.15, -0.1) is 0 Å². The lowest BCUT2D eigenvalue weighted by atomic mass is 10.2. The van der Waals surface area contributed by atoms with Gasteiger partial charge in [0.1, 0.15) is 6.54 Å². The van der Waals surface area contributed by atoms with E-state index in [-0.39, 0.29) is 12.0 Å². The van der Waals surface area contributed by atoms with Crippen LogP contribution >= 0.6 is 0 Å². The summed E-state index contributed by atoms with van der Waals surface area (Å²) >= 11 is 0. The second-order valence-electron chi connectivity index (χ2n) is 4.40. The molecule has 0 unspecified atom stereocenters. The first-order valence-electron chi connectivity index (χ1n) is 5.84. The molecule has 1 heterocycles. The Kier molecular flexibility index (Phi) is 3.70. The number of anilines is 1. The molecule has 0 bridgehead atoms. The van der Waals surface area contributed by atoms with E-state index in [1.165, 1.54) is 4.90 Å². The first kappa shape index (κ1) is 13.1. The average Bonchev–Trinajstić information content (AvgIpc) is 3.10. The predicted octanol–water partition coefficient (Wildman–Crippen LogP) is 1.51. The Morgan fingerprint density at radius 2 is 1.89 bits per heavy atom. The number of aromatic nitrogens is 2. The van der Waals surface area contributed by atoms with Gasteiger partial charge in [-0.1, -0.05) is 0 Å². The lowest BCUT2D eigenvalue weighted by molar-refractivity contribution is -0.120. The fourth-order valence-corrected chi connectivity index (χ4v) is 1.73. The van der Waals surface area contributed by atoms with Crippen LogP contribution in [0.3, 0.4) is 0 Å². The molecule has 4 nitrogen and oxygen atoms in total. The molecule has 0 aromatic carbocycles. The highest BCUT2D eigenvalue weighted by molar-refractivity contribution is 5.34. The van der Waals surface area contributed by atoms with Crippen LogP contribution in [0.15, 0.2) is 12.4 Å². The maximum atomic E-state index is 12.5. The minimum Gasteiger partial charge on any atom is -0.330 e. The fraction of sp³-hybridized carbons (Fsp3) is 0.636. The van der Waals surface area contributed by atoms with Crippen molar-refractivity contribution in [1.82, 2.24) is 9.97 Å². The third-order valence-corrected chi connectivity index (χ3v) is 2.72. The Morgan fingerprint density at radius 1 is 1.28 bits per heavy atom. The van der Waals surface area contributed by atoms with Gasteiger partial charge in [0.05, 0.1) is 0 Å². The second kappa shape index (κ2) is 5.09. The summed E-state index contributed by atoms with van der Waals surface area (Å²) in [4.78, 5) is 9.23. The molecule has 0 saturated heterocycles. The largest absolute Gasteiger partial charge is 0.406 e. The minimum atomic E-state index is -4.23. The first-order chi connectivity index (χ1) is 8.49. The summed E-state index contributed by atoms with van der Waals surface area (Å²) in [6, 6.07) is -0.0769. The lowest BCUT2D eigenvalue weighted by Gasteiger charge is -2.23. The average molecular weight is 260 g/mol. The molecule has 0 aliphatic heterocycles. The van der Waals surface area contributed by atoms with Crippen LogP contribution in [0.1, 0.15) is 18.4 Å². The molecule has 2 N–H and O–H groups in total. The van der Waals surface area contributed by atoms with Gasteiger partial charge in [0, 0.05) is 18.4 Å². The van der Waals surface area contributed by atoms with E-state index in [0.717, 1.165) is 18.4 Å². The molecule has 0 amide bonds. The molecule has 0 spiro atoms. The molecule has 2 rings (SSSR count). The normalized spacial score (nSPS) is 15.8. The minimum absolute atomic E-state index is 0.0769. The van der Waals surface area contributed by atoms with Crippen molar-refractivity contribution in [2.75, 3.05) is 18.0 Å². The van der Waals surface area contributed by atoms with Gasteiger partial charge in [-0.3, -0.25) is 0 Å². The Bertz CT molecular complexity index is 386. The summed E-state index contributed by atoms with van der Waals surface area (Å²) in [5.74, 6) is 0.149. The number of rotatable bonds is 5. The molecule has 1 aliphatic carbocycles. The van der Waals surface area contributed by atoms with Crippen molar-refractivity contribution >= 4 is 5.95 Å². The highest BCUT2D eigenvalue weighted by atomic mass is 19.4.